The van der Waals surface area contributed by atoms with Gasteiger partial charge in [0.1, 0.15) is 6.61 Å². The summed E-state index contributed by atoms with van der Waals surface area (Å²) >= 11 is 0. The molecule has 0 fully saturated rings. The van der Waals surface area contributed by atoms with Gasteiger partial charge in [0.25, 0.3) is 5.69 Å². The summed E-state index contributed by atoms with van der Waals surface area (Å²) in [4.78, 5) is 22.8. The first-order valence-electron chi connectivity index (χ1n) is 8.33. The molecular weight excluding hydrogens is 320 g/mol. The Hall–Kier alpha value is -2.89. The molecule has 0 aliphatic carbocycles. The minimum Gasteiger partial charge on any atom is -0.448 e. The highest BCUT2D eigenvalue weighted by Gasteiger charge is 2.34. The van der Waals surface area contributed by atoms with E-state index in [9.17, 15) is 14.9 Å². The number of carbonyl (C=O) groups is 1. The molecular formula is C19H20N2O4. The fourth-order valence-corrected chi connectivity index (χ4v) is 3.43. The van der Waals surface area contributed by atoms with E-state index in [1.807, 2.05) is 24.3 Å². The van der Waals surface area contributed by atoms with Crippen LogP contribution in [0.5, 0.6) is 0 Å². The van der Waals surface area contributed by atoms with E-state index in [1.54, 1.807) is 6.07 Å². The Bertz CT molecular complexity index is 828. The number of nitro benzene ring substituents is 1. The number of hydrogen-bond donors (Lipinski definition) is 1. The summed E-state index contributed by atoms with van der Waals surface area (Å²) in [5.41, 5.74) is 2.82. The van der Waals surface area contributed by atoms with Gasteiger partial charge in [-0.1, -0.05) is 38.1 Å². The minimum absolute atomic E-state index is 0.0759. The van der Waals surface area contributed by atoms with Crippen LogP contribution in [0.2, 0.25) is 0 Å². The normalized spacial score (nSPS) is 15.5. The first-order chi connectivity index (χ1) is 12.0. The molecule has 1 heterocycles. The van der Waals surface area contributed by atoms with Crippen LogP contribution in [0.25, 0.3) is 11.1 Å². The van der Waals surface area contributed by atoms with E-state index in [0.717, 1.165) is 29.5 Å². The number of non-ortho nitro benzene ring substituents is 1. The Morgan fingerprint density at radius 1 is 1.16 bits per heavy atom. The van der Waals surface area contributed by atoms with E-state index in [0.29, 0.717) is 5.69 Å². The number of benzene rings is 2. The van der Waals surface area contributed by atoms with E-state index in [1.165, 1.54) is 12.1 Å². The lowest BCUT2D eigenvalue weighted by molar-refractivity contribution is -0.384. The van der Waals surface area contributed by atoms with Crippen LogP contribution in [0, 0.1) is 10.1 Å². The summed E-state index contributed by atoms with van der Waals surface area (Å²) in [5.74, 6) is 0. The van der Waals surface area contributed by atoms with Crippen molar-refractivity contribution in [1.29, 1.82) is 0 Å². The highest BCUT2D eigenvalue weighted by molar-refractivity contribution is 5.93. The lowest BCUT2D eigenvalue weighted by Crippen LogP contribution is -2.32. The van der Waals surface area contributed by atoms with Crippen molar-refractivity contribution >= 4 is 17.5 Å². The molecule has 6 nitrogen and oxygen atoms in total. The van der Waals surface area contributed by atoms with Crippen LogP contribution in [0.3, 0.4) is 0 Å². The lowest BCUT2D eigenvalue weighted by atomic mass is 9.73. The number of amides is 1. The average Bonchev–Trinajstić information content (AvgIpc) is 2.67. The van der Waals surface area contributed by atoms with E-state index in [4.69, 9.17) is 4.74 Å². The number of anilines is 1. The van der Waals surface area contributed by atoms with Crippen LogP contribution in [-0.4, -0.2) is 17.6 Å². The number of fused-ring (bicyclic) bond motifs is 3. The van der Waals surface area contributed by atoms with Crippen LogP contribution in [0.1, 0.15) is 32.3 Å². The topological polar surface area (TPSA) is 81.5 Å². The molecule has 2 aromatic carbocycles. The van der Waals surface area contributed by atoms with Crippen LogP contribution in [0.4, 0.5) is 16.2 Å². The zero-order chi connectivity index (χ0) is 18.0. The molecule has 0 saturated carbocycles. The molecule has 0 radical (unpaired) electrons. The van der Waals surface area contributed by atoms with Crippen molar-refractivity contribution in [2.24, 2.45) is 0 Å². The predicted octanol–water partition coefficient (Wildman–Crippen LogP) is 4.88. The van der Waals surface area contributed by atoms with Crippen LogP contribution in [-0.2, 0) is 10.2 Å². The monoisotopic (exact) mass is 340 g/mol. The molecule has 0 atom stereocenters. The van der Waals surface area contributed by atoms with Gasteiger partial charge in [-0.25, -0.2) is 4.79 Å². The van der Waals surface area contributed by atoms with Crippen molar-refractivity contribution in [1.82, 2.24) is 0 Å². The van der Waals surface area contributed by atoms with Gasteiger partial charge in [-0.05, 0) is 30.0 Å². The second kappa shape index (κ2) is 6.55. The number of hydrogen-bond acceptors (Lipinski definition) is 4. The molecule has 0 unspecified atom stereocenters. The number of nitrogens with zero attached hydrogens (tertiary/aromatic N) is 1. The van der Waals surface area contributed by atoms with Crippen molar-refractivity contribution in [2.75, 3.05) is 11.9 Å². The molecule has 25 heavy (non-hydrogen) atoms. The Balaban J connectivity index is 2.29. The van der Waals surface area contributed by atoms with Crippen LogP contribution < -0.4 is 5.32 Å². The van der Waals surface area contributed by atoms with Gasteiger partial charge >= 0.3 is 6.09 Å². The van der Waals surface area contributed by atoms with Gasteiger partial charge in [-0.3, -0.25) is 15.4 Å². The average molecular weight is 340 g/mol. The minimum atomic E-state index is -0.596. The van der Waals surface area contributed by atoms with Gasteiger partial charge in [0.05, 0.1) is 10.6 Å². The van der Waals surface area contributed by atoms with Crippen molar-refractivity contribution in [3.05, 3.63) is 58.1 Å². The molecule has 1 N–H and O–H groups in total. The lowest BCUT2D eigenvalue weighted by Gasteiger charge is -2.33. The highest BCUT2D eigenvalue weighted by atomic mass is 16.6. The van der Waals surface area contributed by atoms with E-state index < -0.39 is 11.0 Å². The summed E-state index contributed by atoms with van der Waals surface area (Å²) in [6.45, 7) is 4.42. The molecule has 0 bridgehead atoms. The largest absolute Gasteiger partial charge is 0.448 e. The maximum Gasteiger partial charge on any atom is 0.411 e. The Kier molecular flexibility index (Phi) is 4.44. The van der Waals surface area contributed by atoms with Gasteiger partial charge in [-0.2, -0.15) is 0 Å². The van der Waals surface area contributed by atoms with Crippen LogP contribution >= 0.6 is 0 Å². The van der Waals surface area contributed by atoms with Crippen molar-refractivity contribution < 1.29 is 14.5 Å². The highest BCUT2D eigenvalue weighted by Crippen LogP contribution is 2.42. The van der Waals surface area contributed by atoms with Gasteiger partial charge in [0.15, 0.2) is 0 Å². The fourth-order valence-electron chi connectivity index (χ4n) is 3.43. The maximum absolute atomic E-state index is 12.2. The number of carbonyl (C=O) groups excluding carboxylic acids is 1. The molecule has 1 aliphatic heterocycles. The number of nitro groups is 1. The molecule has 1 amide bonds. The van der Waals surface area contributed by atoms with Crippen molar-refractivity contribution in [2.45, 2.75) is 32.1 Å². The maximum atomic E-state index is 12.2. The zero-order valence-electron chi connectivity index (χ0n) is 14.2. The molecule has 2 aromatic rings. The van der Waals surface area contributed by atoms with Gasteiger partial charge in [0, 0.05) is 23.1 Å². The quantitative estimate of drug-likeness (QED) is 0.637. The zero-order valence-corrected chi connectivity index (χ0v) is 14.2. The molecule has 0 spiro atoms. The molecule has 3 rings (SSSR count). The summed E-state index contributed by atoms with van der Waals surface area (Å²) < 4.78 is 5.45. The summed E-state index contributed by atoms with van der Waals surface area (Å²) in [6.07, 6.45) is 1.03. The third-order valence-corrected chi connectivity index (χ3v) is 5.07. The number of nitrogens with one attached hydrogen (secondary N) is 1. The van der Waals surface area contributed by atoms with Gasteiger partial charge in [0.2, 0.25) is 0 Å². The smallest absolute Gasteiger partial charge is 0.411 e. The number of ether oxygens (including phenoxy) is 1. The standard InChI is InChI=1S/C19H20N2O4/c1-3-19(4-2)12-25-18(22)20-17-11-13(21(23)24)9-10-15(17)14-7-5-6-8-16(14)19/h5-11H,3-4,12H2,1-2H3,(H,20,22). The van der Waals surface area contributed by atoms with Crippen molar-refractivity contribution in [3.8, 4) is 11.1 Å². The van der Waals surface area contributed by atoms with E-state index in [-0.39, 0.29) is 17.7 Å². The molecule has 1 aliphatic rings. The number of rotatable bonds is 3. The Morgan fingerprint density at radius 2 is 1.88 bits per heavy atom. The molecule has 130 valence electrons. The second-order valence-corrected chi connectivity index (χ2v) is 6.22. The summed E-state index contributed by atoms with van der Waals surface area (Å²) in [5, 5.41) is 13.8. The van der Waals surface area contributed by atoms with Crippen LogP contribution in [0.15, 0.2) is 42.5 Å². The predicted molar refractivity (Wildman–Crippen MR) is 95.8 cm³/mol. The molecule has 6 heteroatoms. The van der Waals surface area contributed by atoms with Gasteiger partial charge < -0.3 is 4.74 Å². The van der Waals surface area contributed by atoms with E-state index in [2.05, 4.69) is 19.2 Å². The molecule has 0 aromatic heterocycles. The van der Waals surface area contributed by atoms with Crippen molar-refractivity contribution in [3.63, 3.8) is 0 Å². The SMILES string of the molecule is CCC1(CC)COC(=O)Nc2cc([N+](=O)[O-])ccc2-c2ccccc21. The molecule has 0 saturated heterocycles. The first-order valence-corrected chi connectivity index (χ1v) is 8.33. The third-order valence-electron chi connectivity index (χ3n) is 5.07. The fraction of sp³-hybridized carbons (Fsp3) is 0.316. The number of cyclic esters (lactones) is 1. The summed E-state index contributed by atoms with van der Waals surface area (Å²) in [7, 11) is 0. The first kappa shape index (κ1) is 17.0. The van der Waals surface area contributed by atoms with E-state index >= 15 is 0 Å². The Morgan fingerprint density at radius 3 is 2.56 bits per heavy atom. The Labute approximate surface area is 146 Å². The van der Waals surface area contributed by atoms with Gasteiger partial charge in [-0.15, -0.1) is 0 Å². The summed E-state index contributed by atoms with van der Waals surface area (Å²) in [6, 6.07) is 12.5. The third kappa shape index (κ3) is 2.95. The second-order valence-electron chi connectivity index (χ2n) is 6.22.